The van der Waals surface area contributed by atoms with E-state index < -0.39 is 5.60 Å². The molecule has 1 N–H and O–H groups in total. The predicted octanol–water partition coefficient (Wildman–Crippen LogP) is 1.87. The van der Waals surface area contributed by atoms with Crippen LogP contribution in [0.15, 0.2) is 0 Å². The fraction of sp³-hybridized carbons (Fsp3) is 0.933. The fourth-order valence-electron chi connectivity index (χ4n) is 2.99. The molecule has 4 nitrogen and oxygen atoms in total. The summed E-state index contributed by atoms with van der Waals surface area (Å²) >= 11 is 0. The summed E-state index contributed by atoms with van der Waals surface area (Å²) in [6.45, 7) is 11.0. The topological polar surface area (TPSA) is 43.8 Å². The van der Waals surface area contributed by atoms with Gasteiger partial charge in [0.05, 0.1) is 12.1 Å². The number of amides is 1. The van der Waals surface area contributed by atoms with Crippen molar-refractivity contribution in [3.63, 3.8) is 0 Å². The number of likely N-dealkylation sites (tertiary alicyclic amines) is 1. The lowest BCUT2D eigenvalue weighted by Crippen LogP contribution is -2.49. The summed E-state index contributed by atoms with van der Waals surface area (Å²) in [6, 6.07) is 0.113. The molecule has 1 atom stereocenters. The van der Waals surface area contributed by atoms with Crippen molar-refractivity contribution < 1.29 is 9.90 Å². The van der Waals surface area contributed by atoms with Gasteiger partial charge in [-0.25, -0.2) is 0 Å². The minimum Gasteiger partial charge on any atom is -0.389 e. The minimum absolute atomic E-state index is 0.113. The van der Waals surface area contributed by atoms with Crippen LogP contribution in [0.4, 0.5) is 0 Å². The van der Waals surface area contributed by atoms with E-state index in [2.05, 4.69) is 18.7 Å². The average Bonchev–Trinajstić information content (AvgIpc) is 2.76. The smallest absolute Gasteiger partial charge is 0.236 e. The van der Waals surface area contributed by atoms with E-state index in [9.17, 15) is 9.90 Å². The second kappa shape index (κ2) is 7.25. The zero-order valence-electron chi connectivity index (χ0n) is 13.0. The first kappa shape index (κ1) is 16.4. The molecule has 1 saturated heterocycles. The van der Waals surface area contributed by atoms with Crippen molar-refractivity contribution in [1.82, 2.24) is 9.80 Å². The van der Waals surface area contributed by atoms with Gasteiger partial charge in [0.25, 0.3) is 0 Å². The molecule has 1 aliphatic heterocycles. The van der Waals surface area contributed by atoms with Crippen molar-refractivity contribution in [2.75, 3.05) is 26.2 Å². The van der Waals surface area contributed by atoms with Crippen LogP contribution < -0.4 is 0 Å². The van der Waals surface area contributed by atoms with Crippen molar-refractivity contribution in [3.05, 3.63) is 0 Å². The van der Waals surface area contributed by atoms with Gasteiger partial charge in [-0.3, -0.25) is 9.69 Å². The third kappa shape index (κ3) is 4.77. The highest BCUT2D eigenvalue weighted by Crippen LogP contribution is 2.26. The number of carbonyl (C=O) groups excluding carboxylic acids is 1. The monoisotopic (exact) mass is 270 g/mol. The lowest BCUT2D eigenvalue weighted by atomic mass is 9.97. The Balaban J connectivity index is 2.59. The summed E-state index contributed by atoms with van der Waals surface area (Å²) < 4.78 is 0. The highest BCUT2D eigenvalue weighted by atomic mass is 16.3. The van der Waals surface area contributed by atoms with Crippen LogP contribution in [0, 0.1) is 0 Å². The molecule has 1 heterocycles. The predicted molar refractivity (Wildman–Crippen MR) is 78.1 cm³/mol. The summed E-state index contributed by atoms with van der Waals surface area (Å²) in [4.78, 5) is 16.5. The Labute approximate surface area is 117 Å². The van der Waals surface area contributed by atoms with E-state index in [1.807, 2.05) is 18.7 Å². The molecule has 0 aliphatic carbocycles. The van der Waals surface area contributed by atoms with Gasteiger partial charge in [0.15, 0.2) is 0 Å². The van der Waals surface area contributed by atoms with Gasteiger partial charge in [-0.15, -0.1) is 0 Å². The van der Waals surface area contributed by atoms with E-state index in [1.54, 1.807) is 0 Å². The summed E-state index contributed by atoms with van der Waals surface area (Å²) in [7, 11) is 0. The molecule has 1 unspecified atom stereocenters. The van der Waals surface area contributed by atoms with Crippen molar-refractivity contribution in [2.45, 2.75) is 65.0 Å². The Hall–Kier alpha value is -0.610. The molecule has 0 bridgehead atoms. The van der Waals surface area contributed by atoms with E-state index in [1.165, 1.54) is 0 Å². The second-order valence-electron chi connectivity index (χ2n) is 6.16. The molecule has 1 rings (SSSR count). The Kier molecular flexibility index (Phi) is 6.27. The summed E-state index contributed by atoms with van der Waals surface area (Å²) in [5, 5.41) is 10.2. The Bertz CT molecular complexity index is 280. The lowest BCUT2D eigenvalue weighted by Gasteiger charge is -2.34. The van der Waals surface area contributed by atoms with Gasteiger partial charge in [0.2, 0.25) is 5.91 Å². The van der Waals surface area contributed by atoms with Gasteiger partial charge >= 0.3 is 0 Å². The number of hydrogen-bond acceptors (Lipinski definition) is 3. The molecule has 0 aromatic heterocycles. The summed E-state index contributed by atoms with van der Waals surface area (Å²) in [5.41, 5.74) is -0.725. The highest BCUT2D eigenvalue weighted by Gasteiger charge is 2.36. The first-order chi connectivity index (χ1) is 8.90. The Morgan fingerprint density at radius 2 is 1.89 bits per heavy atom. The molecule has 0 radical (unpaired) electrons. The van der Waals surface area contributed by atoms with Crippen LogP contribution in [0.3, 0.4) is 0 Å². The number of aliphatic hydroxyl groups is 1. The Morgan fingerprint density at radius 1 is 1.32 bits per heavy atom. The fourth-order valence-corrected chi connectivity index (χ4v) is 2.99. The average molecular weight is 270 g/mol. The van der Waals surface area contributed by atoms with Crippen LogP contribution >= 0.6 is 0 Å². The van der Waals surface area contributed by atoms with Crippen molar-refractivity contribution >= 4 is 5.91 Å². The summed E-state index contributed by atoms with van der Waals surface area (Å²) in [5.74, 6) is 0.208. The molecule has 0 saturated carbocycles. The molecule has 4 heteroatoms. The van der Waals surface area contributed by atoms with Gasteiger partial charge in [0, 0.05) is 19.1 Å². The van der Waals surface area contributed by atoms with E-state index in [-0.39, 0.29) is 11.9 Å². The molecule has 0 spiro atoms. The van der Waals surface area contributed by atoms with Crippen molar-refractivity contribution in [1.29, 1.82) is 0 Å². The zero-order valence-corrected chi connectivity index (χ0v) is 13.0. The molecule has 0 aromatic rings. The van der Waals surface area contributed by atoms with Gasteiger partial charge in [0.1, 0.15) is 0 Å². The largest absolute Gasteiger partial charge is 0.389 e. The van der Waals surface area contributed by atoms with E-state index in [4.69, 9.17) is 0 Å². The number of nitrogens with zero attached hydrogens (tertiary/aromatic N) is 2. The first-order valence-corrected chi connectivity index (χ1v) is 7.64. The Morgan fingerprint density at radius 3 is 2.37 bits per heavy atom. The number of rotatable bonds is 7. The molecular weight excluding hydrogens is 240 g/mol. The third-order valence-electron chi connectivity index (χ3n) is 3.86. The van der Waals surface area contributed by atoms with Gasteiger partial charge in [-0.05, 0) is 46.1 Å². The second-order valence-corrected chi connectivity index (χ2v) is 6.16. The van der Waals surface area contributed by atoms with Crippen LogP contribution in [-0.2, 0) is 4.79 Å². The third-order valence-corrected chi connectivity index (χ3v) is 3.86. The number of carbonyl (C=O) groups is 1. The van der Waals surface area contributed by atoms with Crippen molar-refractivity contribution in [2.24, 2.45) is 0 Å². The van der Waals surface area contributed by atoms with E-state index in [0.29, 0.717) is 6.54 Å². The molecule has 0 aromatic carbocycles. The lowest BCUT2D eigenvalue weighted by molar-refractivity contribution is -0.133. The van der Waals surface area contributed by atoms with E-state index >= 15 is 0 Å². The molecule has 1 amide bonds. The molecular formula is C15H30N2O2. The van der Waals surface area contributed by atoms with Crippen LogP contribution in [0.5, 0.6) is 0 Å². The maximum Gasteiger partial charge on any atom is 0.236 e. The van der Waals surface area contributed by atoms with Crippen molar-refractivity contribution in [3.8, 4) is 0 Å². The van der Waals surface area contributed by atoms with Crippen LogP contribution in [0.2, 0.25) is 0 Å². The van der Waals surface area contributed by atoms with Crippen LogP contribution in [0.25, 0.3) is 0 Å². The van der Waals surface area contributed by atoms with Crippen LogP contribution in [-0.4, -0.2) is 58.6 Å². The SMILES string of the molecule is CCCN(CCC)C(=O)CN1CCCC1C(C)(C)O. The number of hydrogen-bond donors (Lipinski definition) is 1. The maximum absolute atomic E-state index is 12.4. The van der Waals surface area contributed by atoms with Gasteiger partial charge < -0.3 is 10.0 Å². The van der Waals surface area contributed by atoms with Gasteiger partial charge in [-0.2, -0.15) is 0 Å². The van der Waals surface area contributed by atoms with E-state index in [0.717, 1.165) is 45.3 Å². The first-order valence-electron chi connectivity index (χ1n) is 7.64. The normalized spacial score (nSPS) is 20.8. The molecule has 112 valence electrons. The zero-order chi connectivity index (χ0) is 14.5. The quantitative estimate of drug-likeness (QED) is 0.768. The molecule has 1 fully saturated rings. The summed E-state index contributed by atoms with van der Waals surface area (Å²) in [6.07, 6.45) is 4.06. The highest BCUT2D eigenvalue weighted by molar-refractivity contribution is 5.78. The van der Waals surface area contributed by atoms with Gasteiger partial charge in [-0.1, -0.05) is 13.8 Å². The standard InChI is InChI=1S/C15H30N2O2/c1-5-9-16(10-6-2)14(18)12-17-11-7-8-13(17)15(3,4)19/h13,19H,5-12H2,1-4H3. The molecule has 19 heavy (non-hydrogen) atoms. The van der Waals surface area contributed by atoms with Crippen LogP contribution in [0.1, 0.15) is 53.4 Å². The minimum atomic E-state index is -0.725. The maximum atomic E-state index is 12.4. The molecule has 1 aliphatic rings.